The summed E-state index contributed by atoms with van der Waals surface area (Å²) in [4.78, 5) is 4.08. The maximum Gasteiger partial charge on any atom is 0.0643 e. The van der Waals surface area contributed by atoms with Gasteiger partial charge < -0.3 is 5.32 Å². The van der Waals surface area contributed by atoms with E-state index in [4.69, 9.17) is 5.10 Å². The summed E-state index contributed by atoms with van der Waals surface area (Å²) >= 11 is 0. The second-order valence-electron chi connectivity index (χ2n) is 5.55. The summed E-state index contributed by atoms with van der Waals surface area (Å²) in [5, 5.41) is 8.14. The number of likely N-dealkylation sites (N-methyl/N-ethyl adjacent to an activating group) is 1. The molecule has 0 radical (unpaired) electrons. The van der Waals surface area contributed by atoms with Crippen molar-refractivity contribution in [2.24, 2.45) is 0 Å². The lowest BCUT2D eigenvalue weighted by atomic mass is 10.0. The van der Waals surface area contributed by atoms with Gasteiger partial charge in [0.1, 0.15) is 0 Å². The Hall–Kier alpha value is -1.68. The van der Waals surface area contributed by atoms with Crippen molar-refractivity contribution in [3.63, 3.8) is 0 Å². The first-order valence-corrected chi connectivity index (χ1v) is 7.48. The summed E-state index contributed by atoms with van der Waals surface area (Å²) in [6.07, 6.45) is 12.0. The molecule has 0 amide bonds. The van der Waals surface area contributed by atoms with E-state index in [1.165, 1.54) is 31.2 Å². The molecule has 1 aliphatic carbocycles. The normalized spacial score (nSPS) is 17.4. The third kappa shape index (κ3) is 2.90. The van der Waals surface area contributed by atoms with Crippen LogP contribution in [0.3, 0.4) is 0 Å². The Morgan fingerprint density at radius 1 is 1.25 bits per heavy atom. The van der Waals surface area contributed by atoms with Crippen LogP contribution in [0.15, 0.2) is 36.8 Å². The van der Waals surface area contributed by atoms with Crippen LogP contribution in [0.1, 0.15) is 49.0 Å². The first-order valence-electron chi connectivity index (χ1n) is 7.48. The van der Waals surface area contributed by atoms with E-state index in [1.54, 1.807) is 0 Å². The zero-order valence-corrected chi connectivity index (χ0v) is 12.0. The minimum absolute atomic E-state index is 0.296. The Balaban J connectivity index is 1.70. The molecule has 106 valence electrons. The lowest BCUT2D eigenvalue weighted by molar-refractivity contribution is 0.459. The predicted molar refractivity (Wildman–Crippen MR) is 79.5 cm³/mol. The molecule has 4 nitrogen and oxygen atoms in total. The number of pyridine rings is 1. The fourth-order valence-electron chi connectivity index (χ4n) is 3.05. The molecule has 4 heteroatoms. The van der Waals surface area contributed by atoms with Crippen molar-refractivity contribution in [3.8, 4) is 0 Å². The minimum Gasteiger partial charge on any atom is -0.313 e. The largest absolute Gasteiger partial charge is 0.313 e. The van der Waals surface area contributed by atoms with Gasteiger partial charge in [-0.15, -0.1) is 0 Å². The summed E-state index contributed by atoms with van der Waals surface area (Å²) in [7, 11) is 2.00. The number of hydrogen-bond acceptors (Lipinski definition) is 3. The highest BCUT2D eigenvalue weighted by atomic mass is 15.3. The summed E-state index contributed by atoms with van der Waals surface area (Å²) in [6.45, 7) is 0. The minimum atomic E-state index is 0.296. The van der Waals surface area contributed by atoms with E-state index >= 15 is 0 Å². The van der Waals surface area contributed by atoms with E-state index in [0.29, 0.717) is 12.1 Å². The number of rotatable bonds is 5. The molecule has 1 fully saturated rings. The second kappa shape index (κ2) is 6.18. The molecular weight excluding hydrogens is 248 g/mol. The van der Waals surface area contributed by atoms with Crippen LogP contribution in [0.2, 0.25) is 0 Å². The van der Waals surface area contributed by atoms with E-state index in [9.17, 15) is 0 Å². The first-order chi connectivity index (χ1) is 9.86. The predicted octanol–water partition coefficient (Wildman–Crippen LogP) is 2.90. The van der Waals surface area contributed by atoms with E-state index in [2.05, 4.69) is 39.4 Å². The molecule has 0 aliphatic heterocycles. The number of nitrogens with one attached hydrogen (secondary N) is 1. The first kappa shape index (κ1) is 13.3. The van der Waals surface area contributed by atoms with Crippen molar-refractivity contribution >= 4 is 0 Å². The molecular formula is C16H22N4. The maximum absolute atomic E-state index is 4.77. The summed E-state index contributed by atoms with van der Waals surface area (Å²) in [5.74, 6) is 0. The molecule has 1 saturated carbocycles. The summed E-state index contributed by atoms with van der Waals surface area (Å²) in [6, 6.07) is 7.20. The van der Waals surface area contributed by atoms with E-state index < -0.39 is 0 Å². The Labute approximate surface area is 120 Å². The van der Waals surface area contributed by atoms with Crippen LogP contribution in [0.5, 0.6) is 0 Å². The van der Waals surface area contributed by atoms with Gasteiger partial charge in [0.15, 0.2) is 0 Å². The van der Waals surface area contributed by atoms with Crippen molar-refractivity contribution in [2.75, 3.05) is 7.05 Å². The van der Waals surface area contributed by atoms with Gasteiger partial charge in [0.2, 0.25) is 0 Å². The third-order valence-electron chi connectivity index (χ3n) is 4.23. The average molecular weight is 270 g/mol. The van der Waals surface area contributed by atoms with Gasteiger partial charge in [-0.3, -0.25) is 9.67 Å². The third-order valence-corrected chi connectivity index (χ3v) is 4.23. The molecule has 20 heavy (non-hydrogen) atoms. The van der Waals surface area contributed by atoms with Crippen molar-refractivity contribution in [1.29, 1.82) is 0 Å². The van der Waals surface area contributed by atoms with Gasteiger partial charge in [0.05, 0.1) is 11.7 Å². The number of aromatic nitrogens is 3. The fraction of sp³-hybridized carbons (Fsp3) is 0.500. The van der Waals surface area contributed by atoms with Crippen LogP contribution in [0.4, 0.5) is 0 Å². The molecule has 0 bridgehead atoms. The van der Waals surface area contributed by atoms with Gasteiger partial charge in [-0.05, 0) is 43.7 Å². The lowest BCUT2D eigenvalue weighted by Crippen LogP contribution is -2.19. The van der Waals surface area contributed by atoms with Gasteiger partial charge in [-0.25, -0.2) is 0 Å². The zero-order valence-electron chi connectivity index (χ0n) is 12.0. The van der Waals surface area contributed by atoms with Crippen LogP contribution >= 0.6 is 0 Å². The molecule has 1 atom stereocenters. The smallest absolute Gasteiger partial charge is 0.0643 e. The second-order valence-corrected chi connectivity index (χ2v) is 5.55. The SMILES string of the molecule is CNC(Cc1ccn(C2CCCC2)n1)c1ccncc1. The maximum atomic E-state index is 4.77. The van der Waals surface area contributed by atoms with Gasteiger partial charge in [0, 0.05) is 31.1 Å². The molecule has 3 rings (SSSR count). The van der Waals surface area contributed by atoms with Gasteiger partial charge in [-0.2, -0.15) is 5.10 Å². The highest BCUT2D eigenvalue weighted by molar-refractivity contribution is 5.17. The van der Waals surface area contributed by atoms with Crippen LogP contribution in [0.25, 0.3) is 0 Å². The molecule has 1 aliphatic rings. The Bertz CT molecular complexity index is 528. The molecule has 1 N–H and O–H groups in total. The number of hydrogen-bond donors (Lipinski definition) is 1. The van der Waals surface area contributed by atoms with Crippen LogP contribution in [-0.4, -0.2) is 21.8 Å². The molecule has 0 aromatic carbocycles. The van der Waals surface area contributed by atoms with Crippen molar-refractivity contribution in [2.45, 2.75) is 44.2 Å². The number of nitrogens with zero attached hydrogens (tertiary/aromatic N) is 3. The molecule has 1 unspecified atom stereocenters. The van der Waals surface area contributed by atoms with E-state index in [0.717, 1.165) is 12.1 Å². The Morgan fingerprint density at radius 2 is 2.00 bits per heavy atom. The monoisotopic (exact) mass is 270 g/mol. The standard InChI is InChI=1S/C16H22N4/c1-17-16(13-6-9-18-10-7-13)12-14-8-11-20(19-14)15-4-2-3-5-15/h6-11,15-17H,2-5,12H2,1H3. The Morgan fingerprint density at radius 3 is 2.70 bits per heavy atom. The fourth-order valence-corrected chi connectivity index (χ4v) is 3.05. The molecule has 0 spiro atoms. The van der Waals surface area contributed by atoms with Crippen molar-refractivity contribution in [1.82, 2.24) is 20.1 Å². The topological polar surface area (TPSA) is 42.7 Å². The van der Waals surface area contributed by atoms with Gasteiger partial charge in [-0.1, -0.05) is 12.8 Å². The zero-order chi connectivity index (χ0) is 13.8. The highest BCUT2D eigenvalue weighted by Gasteiger charge is 2.18. The molecule has 0 saturated heterocycles. The molecule has 2 heterocycles. The van der Waals surface area contributed by atoms with E-state index in [-0.39, 0.29) is 0 Å². The van der Waals surface area contributed by atoms with Gasteiger partial charge in [0.25, 0.3) is 0 Å². The molecule has 2 aromatic rings. The summed E-state index contributed by atoms with van der Waals surface area (Å²) in [5.41, 5.74) is 2.42. The molecule has 2 aromatic heterocycles. The quantitative estimate of drug-likeness (QED) is 0.908. The van der Waals surface area contributed by atoms with E-state index in [1.807, 2.05) is 19.4 Å². The van der Waals surface area contributed by atoms with Crippen LogP contribution in [-0.2, 0) is 6.42 Å². The highest BCUT2D eigenvalue weighted by Crippen LogP contribution is 2.29. The van der Waals surface area contributed by atoms with Crippen LogP contribution in [0, 0.1) is 0 Å². The van der Waals surface area contributed by atoms with Crippen LogP contribution < -0.4 is 5.32 Å². The lowest BCUT2D eigenvalue weighted by Gasteiger charge is -2.15. The Kier molecular flexibility index (Phi) is 4.11. The van der Waals surface area contributed by atoms with Gasteiger partial charge >= 0.3 is 0 Å². The van der Waals surface area contributed by atoms with Crippen molar-refractivity contribution in [3.05, 3.63) is 48.0 Å². The average Bonchev–Trinajstić information content (AvgIpc) is 3.16. The summed E-state index contributed by atoms with van der Waals surface area (Å²) < 4.78 is 2.17. The van der Waals surface area contributed by atoms with Crippen molar-refractivity contribution < 1.29 is 0 Å².